The summed E-state index contributed by atoms with van der Waals surface area (Å²) in [5, 5.41) is 2.24. The number of fused-ring (bicyclic) bond motifs is 3. The van der Waals surface area contributed by atoms with Gasteiger partial charge in [-0.05, 0) is 29.2 Å². The zero-order valence-electron chi connectivity index (χ0n) is 10.4. The zero-order valence-corrected chi connectivity index (χ0v) is 10.4. The molecule has 0 atom stereocenters. The van der Waals surface area contributed by atoms with E-state index >= 15 is 0 Å². The smallest absolute Gasteiger partial charge is 0.136 e. The van der Waals surface area contributed by atoms with E-state index in [0.717, 1.165) is 21.9 Å². The number of hydrogen-bond donors (Lipinski definition) is 0. The van der Waals surface area contributed by atoms with Crippen molar-refractivity contribution in [1.82, 2.24) is 0 Å². The summed E-state index contributed by atoms with van der Waals surface area (Å²) in [6.07, 6.45) is 0. The molecule has 0 N–H and O–H groups in total. The van der Waals surface area contributed by atoms with Crippen molar-refractivity contribution < 1.29 is 4.42 Å². The molecule has 1 nitrogen and oxygen atoms in total. The Balaban J connectivity index is 2.38. The molecule has 85 valence electrons. The minimum atomic E-state index is 0.118. The largest absolute Gasteiger partial charge is 0.456 e. The Morgan fingerprint density at radius 1 is 0.941 bits per heavy atom. The Hall–Kier alpha value is -1.76. The van der Waals surface area contributed by atoms with Crippen molar-refractivity contribution in [3.8, 4) is 0 Å². The maximum atomic E-state index is 5.79. The van der Waals surface area contributed by atoms with Crippen LogP contribution in [0.25, 0.3) is 21.9 Å². The fourth-order valence-corrected chi connectivity index (χ4v) is 2.08. The highest BCUT2D eigenvalue weighted by Crippen LogP contribution is 2.31. The van der Waals surface area contributed by atoms with E-state index in [0.29, 0.717) is 0 Å². The molecule has 0 saturated carbocycles. The van der Waals surface area contributed by atoms with Crippen LogP contribution in [0.2, 0.25) is 0 Å². The molecule has 0 fully saturated rings. The third-order valence-electron chi connectivity index (χ3n) is 3.09. The first-order valence-corrected chi connectivity index (χ1v) is 5.90. The van der Waals surface area contributed by atoms with Gasteiger partial charge >= 0.3 is 0 Å². The lowest BCUT2D eigenvalue weighted by Gasteiger charge is -2.18. The molecule has 17 heavy (non-hydrogen) atoms. The Bertz CT molecular complexity index is 683. The van der Waals surface area contributed by atoms with Gasteiger partial charge in [0.25, 0.3) is 0 Å². The number of rotatable bonds is 0. The van der Waals surface area contributed by atoms with Crippen LogP contribution in [-0.2, 0) is 5.41 Å². The van der Waals surface area contributed by atoms with Gasteiger partial charge in [-0.3, -0.25) is 0 Å². The van der Waals surface area contributed by atoms with Gasteiger partial charge in [-0.15, -0.1) is 0 Å². The first-order chi connectivity index (χ1) is 8.05. The minimum absolute atomic E-state index is 0.118. The molecule has 1 aromatic heterocycles. The van der Waals surface area contributed by atoms with Crippen molar-refractivity contribution in [2.75, 3.05) is 0 Å². The summed E-state index contributed by atoms with van der Waals surface area (Å²) in [7, 11) is 0. The molecule has 0 unspecified atom stereocenters. The molecule has 0 aliphatic rings. The second-order valence-electron chi connectivity index (χ2n) is 5.46. The fourth-order valence-electron chi connectivity index (χ4n) is 2.08. The highest BCUT2D eigenvalue weighted by atomic mass is 16.3. The van der Waals surface area contributed by atoms with Crippen LogP contribution in [-0.4, -0.2) is 0 Å². The number of benzene rings is 2. The van der Waals surface area contributed by atoms with E-state index in [9.17, 15) is 0 Å². The molecule has 0 amide bonds. The van der Waals surface area contributed by atoms with Gasteiger partial charge in [0.15, 0.2) is 0 Å². The van der Waals surface area contributed by atoms with Crippen LogP contribution in [0.15, 0.2) is 40.8 Å². The van der Waals surface area contributed by atoms with Crippen LogP contribution < -0.4 is 0 Å². The molecular weight excluding hydrogens is 208 g/mol. The van der Waals surface area contributed by atoms with Gasteiger partial charge in [-0.25, -0.2) is 0 Å². The molecule has 0 spiro atoms. The predicted molar refractivity (Wildman–Crippen MR) is 71.3 cm³/mol. The molecule has 0 saturated heterocycles. The Morgan fingerprint density at radius 3 is 2.47 bits per heavy atom. The highest BCUT2D eigenvalue weighted by Gasteiger charge is 2.16. The first-order valence-electron chi connectivity index (χ1n) is 5.90. The lowest BCUT2D eigenvalue weighted by molar-refractivity contribution is 0.589. The third kappa shape index (κ3) is 1.62. The van der Waals surface area contributed by atoms with Gasteiger partial charge in [-0.1, -0.05) is 45.0 Å². The van der Waals surface area contributed by atoms with Gasteiger partial charge < -0.3 is 4.42 Å². The minimum Gasteiger partial charge on any atom is -0.456 e. The van der Waals surface area contributed by atoms with Crippen LogP contribution in [0.3, 0.4) is 0 Å². The van der Waals surface area contributed by atoms with Crippen LogP contribution in [0.1, 0.15) is 26.3 Å². The topological polar surface area (TPSA) is 13.1 Å². The van der Waals surface area contributed by atoms with Crippen molar-refractivity contribution in [3.63, 3.8) is 0 Å². The summed E-state index contributed by atoms with van der Waals surface area (Å²) in [4.78, 5) is 0. The fraction of sp³-hybridized carbons (Fsp3) is 0.250. The van der Waals surface area contributed by atoms with Crippen molar-refractivity contribution in [2.24, 2.45) is 0 Å². The molecular formula is C16H15O. The molecule has 3 aromatic rings. The lowest BCUT2D eigenvalue weighted by Crippen LogP contribution is -2.10. The van der Waals surface area contributed by atoms with Crippen molar-refractivity contribution in [2.45, 2.75) is 26.2 Å². The molecule has 0 aliphatic heterocycles. The van der Waals surface area contributed by atoms with Crippen LogP contribution >= 0.6 is 0 Å². The summed E-state index contributed by atoms with van der Waals surface area (Å²) in [5.41, 5.74) is 3.19. The maximum absolute atomic E-state index is 5.79. The van der Waals surface area contributed by atoms with Crippen molar-refractivity contribution >= 4 is 21.9 Å². The summed E-state index contributed by atoms with van der Waals surface area (Å²) in [6.45, 7) is 6.60. The third-order valence-corrected chi connectivity index (χ3v) is 3.09. The number of para-hydroxylation sites is 1. The van der Waals surface area contributed by atoms with Crippen molar-refractivity contribution in [1.29, 1.82) is 0 Å². The van der Waals surface area contributed by atoms with E-state index in [-0.39, 0.29) is 5.41 Å². The summed E-state index contributed by atoms with van der Waals surface area (Å²) in [5.74, 6) is 0. The second-order valence-corrected chi connectivity index (χ2v) is 5.46. The first kappa shape index (κ1) is 10.4. The Kier molecular flexibility index (Phi) is 2.06. The van der Waals surface area contributed by atoms with E-state index in [1.807, 2.05) is 24.3 Å². The highest BCUT2D eigenvalue weighted by molar-refractivity contribution is 6.04. The zero-order chi connectivity index (χ0) is 12.0. The molecule has 0 aliphatic carbocycles. The molecule has 1 radical (unpaired) electrons. The van der Waals surface area contributed by atoms with Crippen molar-refractivity contribution in [3.05, 3.63) is 48.0 Å². The monoisotopic (exact) mass is 223 g/mol. The van der Waals surface area contributed by atoms with Crippen LogP contribution in [0.4, 0.5) is 0 Å². The van der Waals surface area contributed by atoms with Gasteiger partial charge in [0.2, 0.25) is 0 Å². The quantitative estimate of drug-likeness (QED) is 0.539. The summed E-state index contributed by atoms with van der Waals surface area (Å²) >= 11 is 0. The van der Waals surface area contributed by atoms with E-state index in [4.69, 9.17) is 4.42 Å². The maximum Gasteiger partial charge on any atom is 0.136 e. The average molecular weight is 223 g/mol. The second kappa shape index (κ2) is 3.36. The van der Waals surface area contributed by atoms with Crippen LogP contribution in [0, 0.1) is 6.07 Å². The van der Waals surface area contributed by atoms with E-state index in [1.54, 1.807) is 0 Å². The molecule has 1 heteroatoms. The van der Waals surface area contributed by atoms with Gasteiger partial charge in [0.1, 0.15) is 11.2 Å². The summed E-state index contributed by atoms with van der Waals surface area (Å²) < 4.78 is 5.79. The summed E-state index contributed by atoms with van der Waals surface area (Å²) in [6, 6.07) is 15.8. The van der Waals surface area contributed by atoms with Gasteiger partial charge in [0.05, 0.1) is 0 Å². The van der Waals surface area contributed by atoms with Gasteiger partial charge in [-0.2, -0.15) is 0 Å². The standard InChI is InChI=1S/C16H15O/c1-16(2,3)11-8-9-15-13(10-11)12-6-4-5-7-14(12)17-15/h4-9H,1-3H3. The Morgan fingerprint density at radius 2 is 1.71 bits per heavy atom. The number of hydrogen-bond acceptors (Lipinski definition) is 1. The van der Waals surface area contributed by atoms with Crippen LogP contribution in [0.5, 0.6) is 0 Å². The molecule has 1 heterocycles. The lowest BCUT2D eigenvalue weighted by atomic mass is 9.86. The molecule has 0 bridgehead atoms. The molecule has 3 rings (SSSR count). The van der Waals surface area contributed by atoms with Gasteiger partial charge in [0, 0.05) is 10.8 Å². The SMILES string of the molecule is CC(C)(C)c1[c]c2c(cc1)oc1ccccc12. The van der Waals surface area contributed by atoms with E-state index in [2.05, 4.69) is 39.0 Å². The van der Waals surface area contributed by atoms with E-state index < -0.39 is 0 Å². The van der Waals surface area contributed by atoms with E-state index in [1.165, 1.54) is 5.56 Å². The normalized spacial score (nSPS) is 12.4. The number of furan rings is 1. The predicted octanol–water partition coefficient (Wildman–Crippen LogP) is 4.68. The average Bonchev–Trinajstić information content (AvgIpc) is 2.65. The molecule has 2 aromatic carbocycles. The Labute approximate surface area is 101 Å².